The van der Waals surface area contributed by atoms with E-state index in [9.17, 15) is 21.6 Å². The van der Waals surface area contributed by atoms with Crippen LogP contribution in [0.15, 0.2) is 0 Å². The highest BCUT2D eigenvalue weighted by Crippen LogP contribution is 2.22. The predicted molar refractivity (Wildman–Crippen MR) is 69.4 cm³/mol. The lowest BCUT2D eigenvalue weighted by atomic mass is 10.3. The van der Waals surface area contributed by atoms with Crippen molar-refractivity contribution in [1.82, 2.24) is 4.31 Å². The van der Waals surface area contributed by atoms with Crippen LogP contribution in [0.2, 0.25) is 0 Å². The Morgan fingerprint density at radius 2 is 1.78 bits per heavy atom. The van der Waals surface area contributed by atoms with Gasteiger partial charge in [-0.25, -0.2) is 12.7 Å². The summed E-state index contributed by atoms with van der Waals surface area (Å²) in [7, 11) is -3.58. The molecular weight excluding hydrogens is 335 g/mol. The summed E-state index contributed by atoms with van der Waals surface area (Å²) in [6.07, 6.45) is -4.17. The van der Waals surface area contributed by atoms with Crippen LogP contribution in [0.3, 0.4) is 0 Å². The zero-order valence-electron chi connectivity index (χ0n) is 10.3. The van der Waals surface area contributed by atoms with Crippen molar-refractivity contribution in [3.63, 3.8) is 0 Å². The van der Waals surface area contributed by atoms with E-state index in [0.717, 1.165) is 6.42 Å². The molecule has 0 radical (unpaired) electrons. The molecule has 3 nitrogen and oxygen atoms in total. The quantitative estimate of drug-likeness (QED) is 0.597. The summed E-state index contributed by atoms with van der Waals surface area (Å²) in [5.74, 6) is -0.441. The minimum absolute atomic E-state index is 0.300. The number of nitrogens with zero attached hydrogens (tertiary/aromatic N) is 1. The first kappa shape index (κ1) is 18.2. The first-order valence-corrected chi connectivity index (χ1v) is 8.56. The molecule has 0 aliphatic rings. The number of alkyl halides is 4. The monoisotopic (exact) mass is 353 g/mol. The highest BCUT2D eigenvalue weighted by molar-refractivity contribution is 9.09. The molecule has 0 bridgehead atoms. The Kier molecular flexibility index (Phi) is 8.45. The number of sulfonamides is 1. The molecule has 0 aliphatic heterocycles. The lowest BCUT2D eigenvalue weighted by molar-refractivity contribution is -0.134. The molecule has 0 aromatic heterocycles. The van der Waals surface area contributed by atoms with Gasteiger partial charge in [0.25, 0.3) is 0 Å². The molecule has 0 unspecified atom stereocenters. The Bertz CT molecular complexity index is 320. The summed E-state index contributed by atoms with van der Waals surface area (Å²) in [5, 5.41) is 0.481. The van der Waals surface area contributed by atoms with Gasteiger partial charge in [-0.2, -0.15) is 13.2 Å². The van der Waals surface area contributed by atoms with Crippen molar-refractivity contribution in [3.8, 4) is 0 Å². The smallest absolute Gasteiger partial charge is 0.212 e. The first-order chi connectivity index (χ1) is 8.23. The van der Waals surface area contributed by atoms with E-state index in [2.05, 4.69) is 15.9 Å². The summed E-state index contributed by atoms with van der Waals surface area (Å²) in [4.78, 5) is 0. The van der Waals surface area contributed by atoms with Crippen molar-refractivity contribution in [3.05, 3.63) is 0 Å². The standard InChI is InChI=1S/C10H19BrF3NO2S/c1-2-3-7-15(8-6-11)18(16,17)9-4-5-10(12,13)14/h2-9H2,1H3. The SMILES string of the molecule is CCCCN(CCBr)S(=O)(=O)CCCC(F)(F)F. The molecule has 0 fully saturated rings. The Morgan fingerprint density at radius 3 is 2.22 bits per heavy atom. The summed E-state index contributed by atoms with van der Waals surface area (Å²) in [6, 6.07) is 0. The topological polar surface area (TPSA) is 37.4 Å². The third-order valence-corrected chi connectivity index (χ3v) is 4.66. The highest BCUT2D eigenvalue weighted by atomic mass is 79.9. The summed E-state index contributed by atoms with van der Waals surface area (Å²) in [6.45, 7) is 2.60. The molecule has 8 heteroatoms. The van der Waals surface area contributed by atoms with E-state index < -0.39 is 28.4 Å². The average Bonchev–Trinajstić information content (AvgIpc) is 2.21. The molecule has 0 saturated carbocycles. The number of rotatable bonds is 9. The van der Waals surface area contributed by atoms with Crippen molar-refractivity contribution in [1.29, 1.82) is 0 Å². The Hall–Kier alpha value is 0.180. The Balaban J connectivity index is 4.36. The maximum Gasteiger partial charge on any atom is 0.389 e. The lowest BCUT2D eigenvalue weighted by Crippen LogP contribution is -2.35. The fourth-order valence-corrected chi connectivity index (χ4v) is 3.61. The van der Waals surface area contributed by atoms with Crippen molar-refractivity contribution in [2.75, 3.05) is 24.2 Å². The van der Waals surface area contributed by atoms with E-state index in [1.807, 2.05) is 6.92 Å². The minimum Gasteiger partial charge on any atom is -0.212 e. The molecule has 18 heavy (non-hydrogen) atoms. The van der Waals surface area contributed by atoms with Crippen LogP contribution in [0.4, 0.5) is 13.2 Å². The number of hydrogen-bond donors (Lipinski definition) is 0. The third-order valence-electron chi connectivity index (χ3n) is 2.35. The molecule has 110 valence electrons. The summed E-state index contributed by atoms with van der Waals surface area (Å²) >= 11 is 3.15. The van der Waals surface area contributed by atoms with Crippen molar-refractivity contribution >= 4 is 26.0 Å². The second kappa shape index (κ2) is 8.37. The van der Waals surface area contributed by atoms with Gasteiger partial charge in [-0.3, -0.25) is 0 Å². The van der Waals surface area contributed by atoms with Gasteiger partial charge in [-0.05, 0) is 12.8 Å². The van der Waals surface area contributed by atoms with Crippen LogP contribution < -0.4 is 0 Å². The van der Waals surface area contributed by atoms with Gasteiger partial charge >= 0.3 is 6.18 Å². The zero-order valence-corrected chi connectivity index (χ0v) is 12.7. The van der Waals surface area contributed by atoms with Crippen LogP contribution in [0, 0.1) is 0 Å². The molecule has 0 aromatic carbocycles. The first-order valence-electron chi connectivity index (χ1n) is 5.83. The fourth-order valence-electron chi connectivity index (χ4n) is 1.40. The number of halogens is 4. The molecule has 0 aromatic rings. The van der Waals surface area contributed by atoms with E-state index in [1.54, 1.807) is 0 Å². The molecule has 0 N–H and O–H groups in total. The van der Waals surface area contributed by atoms with E-state index in [0.29, 0.717) is 24.8 Å². The van der Waals surface area contributed by atoms with Gasteiger partial charge in [0.2, 0.25) is 10.0 Å². The van der Waals surface area contributed by atoms with Crippen LogP contribution in [0.1, 0.15) is 32.6 Å². The predicted octanol–water partition coefficient (Wildman–Crippen LogP) is 3.16. The fraction of sp³-hybridized carbons (Fsp3) is 1.00. The van der Waals surface area contributed by atoms with E-state index in [-0.39, 0.29) is 6.42 Å². The summed E-state index contributed by atoms with van der Waals surface area (Å²) < 4.78 is 60.9. The van der Waals surface area contributed by atoms with Crippen LogP contribution in [0.25, 0.3) is 0 Å². The normalized spacial score (nSPS) is 13.2. The molecule has 0 spiro atoms. The second-order valence-corrected chi connectivity index (χ2v) is 6.86. The van der Waals surface area contributed by atoms with Crippen molar-refractivity contribution < 1.29 is 21.6 Å². The third kappa shape index (κ3) is 8.31. The van der Waals surface area contributed by atoms with E-state index in [4.69, 9.17) is 0 Å². The van der Waals surface area contributed by atoms with Crippen LogP contribution in [-0.2, 0) is 10.0 Å². The van der Waals surface area contributed by atoms with E-state index in [1.165, 1.54) is 4.31 Å². The number of unbranched alkanes of at least 4 members (excludes halogenated alkanes) is 1. The average molecular weight is 354 g/mol. The van der Waals surface area contributed by atoms with E-state index >= 15 is 0 Å². The van der Waals surface area contributed by atoms with Gasteiger partial charge < -0.3 is 0 Å². The molecule has 0 rings (SSSR count). The van der Waals surface area contributed by atoms with Gasteiger partial charge in [0.1, 0.15) is 0 Å². The molecule has 0 atom stereocenters. The zero-order chi connectivity index (χ0) is 14.2. The largest absolute Gasteiger partial charge is 0.389 e. The maximum atomic E-state index is 12.0. The maximum absolute atomic E-state index is 12.0. The number of hydrogen-bond acceptors (Lipinski definition) is 2. The van der Waals surface area contributed by atoms with Gasteiger partial charge in [0, 0.05) is 24.8 Å². The van der Waals surface area contributed by atoms with Gasteiger partial charge in [0.05, 0.1) is 5.75 Å². The second-order valence-electron chi connectivity index (χ2n) is 3.98. The minimum atomic E-state index is -4.29. The summed E-state index contributed by atoms with van der Waals surface area (Å²) in [5.41, 5.74) is 0. The lowest BCUT2D eigenvalue weighted by Gasteiger charge is -2.21. The van der Waals surface area contributed by atoms with Gasteiger partial charge in [-0.1, -0.05) is 29.3 Å². The molecule has 0 saturated heterocycles. The van der Waals surface area contributed by atoms with Crippen LogP contribution in [0.5, 0.6) is 0 Å². The highest BCUT2D eigenvalue weighted by Gasteiger charge is 2.28. The van der Waals surface area contributed by atoms with Crippen molar-refractivity contribution in [2.24, 2.45) is 0 Å². The van der Waals surface area contributed by atoms with Gasteiger partial charge in [0.15, 0.2) is 0 Å². The Morgan fingerprint density at radius 1 is 1.17 bits per heavy atom. The molecule has 0 aliphatic carbocycles. The molecule has 0 amide bonds. The van der Waals surface area contributed by atoms with Crippen molar-refractivity contribution in [2.45, 2.75) is 38.8 Å². The van der Waals surface area contributed by atoms with Crippen LogP contribution in [-0.4, -0.2) is 43.1 Å². The van der Waals surface area contributed by atoms with Gasteiger partial charge in [-0.15, -0.1) is 0 Å². The Labute approximate surface area is 115 Å². The van der Waals surface area contributed by atoms with Crippen LogP contribution >= 0.6 is 15.9 Å². The molecular formula is C10H19BrF3NO2S. The molecule has 0 heterocycles.